The van der Waals surface area contributed by atoms with Gasteiger partial charge < -0.3 is 14.8 Å². The molecule has 0 fully saturated rings. The first-order valence-corrected chi connectivity index (χ1v) is 4.11. The number of amides is 1. The van der Waals surface area contributed by atoms with Crippen molar-refractivity contribution in [1.29, 1.82) is 0 Å². The normalized spacial score (nSPS) is 10.6. The lowest BCUT2D eigenvalue weighted by Gasteiger charge is -2.02. The quantitative estimate of drug-likeness (QED) is 0.166. The summed E-state index contributed by atoms with van der Waals surface area (Å²) < 4.78 is 4.41. The lowest BCUT2D eigenvalue weighted by atomic mass is 10.2. The predicted molar refractivity (Wildman–Crippen MR) is 49.5 cm³/mol. The molecule has 1 amide bonds. The maximum absolute atomic E-state index is 11.1. The van der Waals surface area contributed by atoms with Crippen molar-refractivity contribution < 1.29 is 19.1 Å². The fraction of sp³-hybridized carbons (Fsp3) is 0.444. The van der Waals surface area contributed by atoms with Crippen LogP contribution in [-0.2, 0) is 19.1 Å². The van der Waals surface area contributed by atoms with Gasteiger partial charge in [-0.2, -0.15) is 0 Å². The third kappa shape index (κ3) is 3.84. The van der Waals surface area contributed by atoms with Crippen molar-refractivity contribution in [2.75, 3.05) is 14.2 Å². The molecule has 0 radical (unpaired) electrons. The standard InChI is InChI=1S/C9H13NO4/c1-10-8(12)7(9(13)14-2)5-3-4-6-11/h5-6H,3-4H2,1-2H3,(H,10,12)/b7-5+. The van der Waals surface area contributed by atoms with Gasteiger partial charge in [0, 0.05) is 13.5 Å². The van der Waals surface area contributed by atoms with Gasteiger partial charge in [0.1, 0.15) is 11.9 Å². The molecule has 5 nitrogen and oxygen atoms in total. The van der Waals surface area contributed by atoms with Crippen LogP contribution in [0.25, 0.3) is 0 Å². The van der Waals surface area contributed by atoms with Gasteiger partial charge in [-0.05, 0) is 6.42 Å². The Kier molecular flexibility index (Phi) is 6.02. The molecule has 0 spiro atoms. The lowest BCUT2D eigenvalue weighted by Crippen LogP contribution is -2.25. The number of methoxy groups -OCH3 is 1. The number of nitrogens with one attached hydrogen (secondary N) is 1. The molecular weight excluding hydrogens is 186 g/mol. The highest BCUT2D eigenvalue weighted by Gasteiger charge is 2.16. The summed E-state index contributed by atoms with van der Waals surface area (Å²) in [7, 11) is 2.61. The zero-order chi connectivity index (χ0) is 11.0. The Balaban J connectivity index is 4.53. The summed E-state index contributed by atoms with van der Waals surface area (Å²) in [5.74, 6) is -1.21. The molecule has 0 aliphatic heterocycles. The van der Waals surface area contributed by atoms with Gasteiger partial charge in [-0.15, -0.1) is 0 Å². The Morgan fingerprint density at radius 2 is 2.00 bits per heavy atom. The summed E-state index contributed by atoms with van der Waals surface area (Å²) >= 11 is 0. The zero-order valence-electron chi connectivity index (χ0n) is 8.20. The number of esters is 1. The number of carbonyl (C=O) groups excluding carboxylic acids is 3. The predicted octanol–water partition coefficient (Wildman–Crippen LogP) is -0.189. The van der Waals surface area contributed by atoms with Crippen LogP contribution in [0.4, 0.5) is 0 Å². The molecule has 0 rings (SSSR count). The monoisotopic (exact) mass is 199 g/mol. The summed E-state index contributed by atoms with van der Waals surface area (Å²) in [6, 6.07) is 0. The van der Waals surface area contributed by atoms with Crippen LogP contribution in [-0.4, -0.2) is 32.3 Å². The number of hydrogen-bond donors (Lipinski definition) is 1. The second kappa shape index (κ2) is 6.82. The van der Waals surface area contributed by atoms with E-state index in [-0.39, 0.29) is 12.0 Å². The maximum Gasteiger partial charge on any atom is 0.343 e. The van der Waals surface area contributed by atoms with Crippen molar-refractivity contribution in [2.45, 2.75) is 12.8 Å². The van der Waals surface area contributed by atoms with Gasteiger partial charge >= 0.3 is 5.97 Å². The highest BCUT2D eigenvalue weighted by molar-refractivity contribution is 6.16. The van der Waals surface area contributed by atoms with Gasteiger partial charge in [0.15, 0.2) is 0 Å². The summed E-state index contributed by atoms with van der Waals surface area (Å²) in [6.45, 7) is 0. The molecule has 1 N–H and O–H groups in total. The molecule has 0 aromatic carbocycles. The van der Waals surface area contributed by atoms with Crippen LogP contribution in [0.3, 0.4) is 0 Å². The van der Waals surface area contributed by atoms with E-state index in [1.807, 2.05) is 0 Å². The summed E-state index contributed by atoms with van der Waals surface area (Å²) in [4.78, 5) is 32.2. The molecule has 5 heteroatoms. The highest BCUT2D eigenvalue weighted by atomic mass is 16.5. The first kappa shape index (κ1) is 12.3. The third-order valence-corrected chi connectivity index (χ3v) is 1.51. The average Bonchev–Trinajstić information content (AvgIpc) is 2.22. The highest BCUT2D eigenvalue weighted by Crippen LogP contribution is 2.01. The number of hydrogen-bond acceptors (Lipinski definition) is 4. The van der Waals surface area contributed by atoms with E-state index in [9.17, 15) is 14.4 Å². The fourth-order valence-corrected chi connectivity index (χ4v) is 0.809. The minimum atomic E-state index is -0.699. The van der Waals surface area contributed by atoms with Crippen LogP contribution in [0.5, 0.6) is 0 Å². The van der Waals surface area contributed by atoms with E-state index in [0.29, 0.717) is 6.42 Å². The second-order valence-electron chi connectivity index (χ2n) is 2.43. The van der Waals surface area contributed by atoms with E-state index in [4.69, 9.17) is 0 Å². The fourth-order valence-electron chi connectivity index (χ4n) is 0.809. The van der Waals surface area contributed by atoms with E-state index < -0.39 is 11.9 Å². The van der Waals surface area contributed by atoms with Crippen LogP contribution in [0.2, 0.25) is 0 Å². The Labute approximate surface area is 82.1 Å². The third-order valence-electron chi connectivity index (χ3n) is 1.51. The molecule has 0 aromatic heterocycles. The number of ether oxygens (including phenoxy) is 1. The second-order valence-corrected chi connectivity index (χ2v) is 2.43. The maximum atomic E-state index is 11.1. The minimum Gasteiger partial charge on any atom is -0.465 e. The van der Waals surface area contributed by atoms with Gasteiger partial charge in [0.05, 0.1) is 7.11 Å². The van der Waals surface area contributed by atoms with E-state index in [0.717, 1.165) is 6.29 Å². The molecule has 0 saturated carbocycles. The molecule has 0 atom stereocenters. The number of unbranched alkanes of at least 4 members (excludes halogenated alkanes) is 1. The molecule has 0 saturated heterocycles. The van der Waals surface area contributed by atoms with E-state index in [1.165, 1.54) is 20.2 Å². The molecule has 0 aliphatic carbocycles. The molecule has 0 bridgehead atoms. The Hall–Kier alpha value is -1.65. The summed E-state index contributed by atoms with van der Waals surface area (Å²) in [6.07, 6.45) is 2.73. The van der Waals surface area contributed by atoms with Gasteiger partial charge in [-0.25, -0.2) is 4.79 Å². The van der Waals surface area contributed by atoms with Gasteiger partial charge in [0.2, 0.25) is 0 Å². The van der Waals surface area contributed by atoms with Gasteiger partial charge in [-0.3, -0.25) is 4.79 Å². The van der Waals surface area contributed by atoms with Crippen LogP contribution in [0, 0.1) is 0 Å². The number of aldehydes is 1. The molecule has 0 aliphatic rings. The number of carbonyl (C=O) groups is 3. The zero-order valence-corrected chi connectivity index (χ0v) is 8.20. The van der Waals surface area contributed by atoms with Crippen molar-refractivity contribution in [3.05, 3.63) is 11.6 Å². The van der Waals surface area contributed by atoms with Crippen molar-refractivity contribution in [1.82, 2.24) is 5.32 Å². The number of rotatable bonds is 5. The van der Waals surface area contributed by atoms with E-state index in [2.05, 4.69) is 10.1 Å². The first-order chi connectivity index (χ1) is 6.67. The largest absolute Gasteiger partial charge is 0.465 e. The Bertz CT molecular complexity index is 240. The Morgan fingerprint density at radius 3 is 2.43 bits per heavy atom. The first-order valence-electron chi connectivity index (χ1n) is 4.11. The topological polar surface area (TPSA) is 72.5 Å². The van der Waals surface area contributed by atoms with Crippen LogP contribution < -0.4 is 5.32 Å². The minimum absolute atomic E-state index is 0.0724. The smallest absolute Gasteiger partial charge is 0.343 e. The van der Waals surface area contributed by atoms with E-state index in [1.54, 1.807) is 0 Å². The van der Waals surface area contributed by atoms with Crippen LogP contribution in [0.15, 0.2) is 11.6 Å². The van der Waals surface area contributed by atoms with Crippen LogP contribution in [0.1, 0.15) is 12.8 Å². The average molecular weight is 199 g/mol. The van der Waals surface area contributed by atoms with Crippen molar-refractivity contribution in [2.24, 2.45) is 0 Å². The van der Waals surface area contributed by atoms with Crippen LogP contribution >= 0.6 is 0 Å². The summed E-state index contributed by atoms with van der Waals surface area (Å²) in [5.41, 5.74) is -0.0724. The Morgan fingerprint density at radius 1 is 1.36 bits per heavy atom. The van der Waals surface area contributed by atoms with Gasteiger partial charge in [0.25, 0.3) is 5.91 Å². The lowest BCUT2D eigenvalue weighted by molar-refractivity contribution is -0.138. The molecule has 78 valence electrons. The summed E-state index contributed by atoms with van der Waals surface area (Å²) in [5, 5.41) is 2.31. The van der Waals surface area contributed by atoms with Crippen molar-refractivity contribution >= 4 is 18.2 Å². The van der Waals surface area contributed by atoms with Crippen molar-refractivity contribution in [3.8, 4) is 0 Å². The number of likely N-dealkylation sites (N-methyl/N-ethyl adjacent to an activating group) is 1. The number of allylic oxidation sites excluding steroid dienone is 1. The molecular formula is C9H13NO4. The van der Waals surface area contributed by atoms with Gasteiger partial charge in [-0.1, -0.05) is 6.08 Å². The SMILES string of the molecule is CNC(=O)/C(=C\CCC=O)C(=O)OC. The molecule has 0 aromatic rings. The molecule has 14 heavy (non-hydrogen) atoms. The van der Waals surface area contributed by atoms with Crippen molar-refractivity contribution in [3.63, 3.8) is 0 Å². The molecule has 0 unspecified atom stereocenters. The molecule has 0 heterocycles. The van der Waals surface area contributed by atoms with E-state index >= 15 is 0 Å².